The number of amides is 1. The van der Waals surface area contributed by atoms with Crippen LogP contribution in [0.1, 0.15) is 28.3 Å². The van der Waals surface area contributed by atoms with Crippen molar-refractivity contribution in [2.24, 2.45) is 0 Å². The van der Waals surface area contributed by atoms with E-state index < -0.39 is 0 Å². The zero-order valence-electron chi connectivity index (χ0n) is 20.5. The number of ether oxygens (including phenoxy) is 4. The number of fused-ring (bicyclic) bond motifs is 1. The van der Waals surface area contributed by atoms with Crippen LogP contribution >= 0.6 is 11.6 Å². The molecule has 35 heavy (non-hydrogen) atoms. The fourth-order valence-corrected chi connectivity index (χ4v) is 4.58. The van der Waals surface area contributed by atoms with Crippen LogP contribution in [0.2, 0.25) is 5.02 Å². The molecule has 0 aliphatic carbocycles. The molecule has 0 N–H and O–H groups in total. The molecule has 3 aromatic carbocycles. The molecular weight excluding hydrogens is 466 g/mol. The number of methoxy groups -OCH3 is 2. The molecule has 3 aromatic rings. The second kappa shape index (κ2) is 10.9. The normalized spacial score (nSPS) is 14.8. The van der Waals surface area contributed by atoms with Gasteiger partial charge in [0.1, 0.15) is 18.1 Å². The highest BCUT2D eigenvalue weighted by molar-refractivity contribution is 6.30. The Labute approximate surface area is 211 Å². The van der Waals surface area contributed by atoms with Crippen molar-refractivity contribution >= 4 is 17.5 Å². The zero-order chi connectivity index (χ0) is 24.9. The summed E-state index contributed by atoms with van der Waals surface area (Å²) < 4.78 is 23.0. The number of hydrogen-bond acceptors (Lipinski definition) is 5. The predicted molar refractivity (Wildman–Crippen MR) is 136 cm³/mol. The van der Waals surface area contributed by atoms with Gasteiger partial charge in [-0.05, 0) is 91.1 Å². The molecule has 4 rings (SSSR count). The number of aryl methyl sites for hydroxylation is 2. The Morgan fingerprint density at radius 2 is 1.57 bits per heavy atom. The molecule has 1 atom stereocenters. The van der Waals surface area contributed by atoms with Crippen molar-refractivity contribution < 1.29 is 23.7 Å². The first-order valence-corrected chi connectivity index (χ1v) is 11.9. The zero-order valence-corrected chi connectivity index (χ0v) is 21.2. The summed E-state index contributed by atoms with van der Waals surface area (Å²) in [6.45, 7) is 4.85. The minimum Gasteiger partial charge on any atom is -0.493 e. The van der Waals surface area contributed by atoms with Gasteiger partial charge in [0.2, 0.25) is 0 Å². The van der Waals surface area contributed by atoms with Gasteiger partial charge in [-0.1, -0.05) is 17.7 Å². The average molecular weight is 496 g/mol. The molecular formula is C28H30ClNO5. The van der Waals surface area contributed by atoms with Crippen molar-refractivity contribution in [1.29, 1.82) is 0 Å². The molecule has 0 radical (unpaired) electrons. The number of rotatable bonds is 8. The molecule has 1 aliphatic heterocycles. The molecule has 0 fully saturated rings. The van der Waals surface area contributed by atoms with Crippen LogP contribution in [0.4, 0.5) is 0 Å². The second-order valence-corrected chi connectivity index (χ2v) is 9.07. The van der Waals surface area contributed by atoms with Gasteiger partial charge < -0.3 is 23.8 Å². The van der Waals surface area contributed by atoms with Gasteiger partial charge in [-0.15, -0.1) is 0 Å². The Morgan fingerprint density at radius 1 is 0.914 bits per heavy atom. The third-order valence-corrected chi connectivity index (χ3v) is 6.35. The van der Waals surface area contributed by atoms with Crippen LogP contribution in [-0.2, 0) is 11.2 Å². The van der Waals surface area contributed by atoms with E-state index in [1.54, 1.807) is 38.5 Å². The first-order chi connectivity index (χ1) is 16.9. The van der Waals surface area contributed by atoms with Crippen molar-refractivity contribution in [1.82, 2.24) is 4.90 Å². The van der Waals surface area contributed by atoms with E-state index in [0.717, 1.165) is 28.0 Å². The van der Waals surface area contributed by atoms with E-state index in [1.807, 2.05) is 43.0 Å². The van der Waals surface area contributed by atoms with E-state index in [4.69, 9.17) is 30.5 Å². The van der Waals surface area contributed by atoms with E-state index in [9.17, 15) is 4.79 Å². The molecule has 0 unspecified atom stereocenters. The Morgan fingerprint density at radius 3 is 2.23 bits per heavy atom. The molecule has 0 saturated heterocycles. The summed E-state index contributed by atoms with van der Waals surface area (Å²) >= 11 is 5.95. The highest BCUT2D eigenvalue weighted by Gasteiger charge is 2.33. The number of benzene rings is 3. The minimum atomic E-state index is -0.305. The third kappa shape index (κ3) is 5.82. The molecule has 1 heterocycles. The maximum atomic E-state index is 13.3. The monoisotopic (exact) mass is 495 g/mol. The lowest BCUT2D eigenvalue weighted by Gasteiger charge is -2.37. The summed E-state index contributed by atoms with van der Waals surface area (Å²) in [6.07, 6.45) is 0.697. The van der Waals surface area contributed by atoms with Crippen molar-refractivity contribution in [2.75, 3.05) is 34.0 Å². The molecule has 184 valence electrons. The van der Waals surface area contributed by atoms with Gasteiger partial charge in [0.15, 0.2) is 18.1 Å². The van der Waals surface area contributed by atoms with Crippen molar-refractivity contribution in [3.63, 3.8) is 0 Å². The standard InChI is InChI=1S/C28H30ClNO5/c1-18-11-19(2)13-23(12-18)34-16-25-24-15-27(33-4)26(32-3)14-20(24)9-10-30(25)28(31)17-35-22-7-5-21(29)6-8-22/h5-8,11-15,25H,9-10,16-17H2,1-4H3/t25-/m0/s1. The number of halogens is 1. The lowest BCUT2D eigenvalue weighted by molar-refractivity contribution is -0.137. The van der Waals surface area contributed by atoms with Crippen LogP contribution in [0, 0.1) is 13.8 Å². The Hall–Kier alpha value is -3.38. The van der Waals surface area contributed by atoms with Crippen LogP contribution in [0.25, 0.3) is 0 Å². The first-order valence-electron chi connectivity index (χ1n) is 11.5. The first kappa shape index (κ1) is 24.7. The summed E-state index contributed by atoms with van der Waals surface area (Å²) in [6, 6.07) is 16.7. The van der Waals surface area contributed by atoms with Gasteiger partial charge in [0, 0.05) is 11.6 Å². The van der Waals surface area contributed by atoms with Crippen LogP contribution in [0.5, 0.6) is 23.0 Å². The van der Waals surface area contributed by atoms with E-state index in [-0.39, 0.29) is 18.6 Å². The Bertz CT molecular complexity index is 1170. The smallest absolute Gasteiger partial charge is 0.261 e. The molecule has 7 heteroatoms. The fourth-order valence-electron chi connectivity index (χ4n) is 4.46. The van der Waals surface area contributed by atoms with Crippen LogP contribution in [0.3, 0.4) is 0 Å². The lowest BCUT2D eigenvalue weighted by Crippen LogP contribution is -2.44. The maximum Gasteiger partial charge on any atom is 0.261 e. The molecule has 0 aromatic heterocycles. The predicted octanol–water partition coefficient (Wildman–Crippen LogP) is 5.56. The number of carbonyl (C=O) groups excluding carboxylic acids is 1. The second-order valence-electron chi connectivity index (χ2n) is 8.64. The summed E-state index contributed by atoms with van der Waals surface area (Å²) in [5.41, 5.74) is 4.34. The van der Waals surface area contributed by atoms with Gasteiger partial charge in [0.25, 0.3) is 5.91 Å². The lowest BCUT2D eigenvalue weighted by atomic mass is 9.92. The maximum absolute atomic E-state index is 13.3. The molecule has 0 saturated carbocycles. The summed E-state index contributed by atoms with van der Waals surface area (Å²) in [5, 5.41) is 0.615. The van der Waals surface area contributed by atoms with Gasteiger partial charge in [0.05, 0.1) is 20.3 Å². The molecule has 6 nitrogen and oxygen atoms in total. The molecule has 1 aliphatic rings. The third-order valence-electron chi connectivity index (χ3n) is 6.10. The van der Waals surface area contributed by atoms with E-state index in [1.165, 1.54) is 0 Å². The SMILES string of the molecule is COc1cc2c(cc1OC)[C@H](COc1cc(C)cc(C)c1)N(C(=O)COc1ccc(Cl)cc1)CC2. The fraction of sp³-hybridized carbons (Fsp3) is 0.321. The molecule has 0 bridgehead atoms. The highest BCUT2D eigenvalue weighted by Crippen LogP contribution is 2.38. The quantitative estimate of drug-likeness (QED) is 0.409. The van der Waals surface area contributed by atoms with Gasteiger partial charge in [-0.3, -0.25) is 4.79 Å². The van der Waals surface area contributed by atoms with Crippen LogP contribution in [-0.4, -0.2) is 44.8 Å². The summed E-state index contributed by atoms with van der Waals surface area (Å²) in [5.74, 6) is 2.55. The molecule has 1 amide bonds. The van der Waals surface area contributed by atoms with Crippen LogP contribution < -0.4 is 18.9 Å². The van der Waals surface area contributed by atoms with E-state index in [0.29, 0.717) is 41.8 Å². The van der Waals surface area contributed by atoms with E-state index >= 15 is 0 Å². The Kier molecular flexibility index (Phi) is 7.71. The largest absolute Gasteiger partial charge is 0.493 e. The minimum absolute atomic E-state index is 0.0791. The van der Waals surface area contributed by atoms with Gasteiger partial charge >= 0.3 is 0 Å². The topological polar surface area (TPSA) is 57.2 Å². The number of nitrogens with zero attached hydrogens (tertiary/aromatic N) is 1. The number of hydrogen-bond donors (Lipinski definition) is 0. The summed E-state index contributed by atoms with van der Waals surface area (Å²) in [4.78, 5) is 15.1. The van der Waals surface area contributed by atoms with E-state index in [2.05, 4.69) is 6.07 Å². The number of carbonyl (C=O) groups is 1. The summed E-state index contributed by atoms with van der Waals surface area (Å²) in [7, 11) is 3.23. The van der Waals surface area contributed by atoms with Crippen molar-refractivity contribution in [3.05, 3.63) is 81.9 Å². The van der Waals surface area contributed by atoms with Crippen molar-refractivity contribution in [3.8, 4) is 23.0 Å². The molecule has 0 spiro atoms. The van der Waals surface area contributed by atoms with Gasteiger partial charge in [-0.2, -0.15) is 0 Å². The highest BCUT2D eigenvalue weighted by atomic mass is 35.5. The Balaban J connectivity index is 1.60. The van der Waals surface area contributed by atoms with Crippen LogP contribution in [0.15, 0.2) is 54.6 Å². The average Bonchev–Trinajstić information content (AvgIpc) is 2.85. The van der Waals surface area contributed by atoms with Crippen molar-refractivity contribution in [2.45, 2.75) is 26.3 Å². The van der Waals surface area contributed by atoms with Gasteiger partial charge in [-0.25, -0.2) is 0 Å².